The minimum Gasteiger partial charge on any atom is -0.465 e. The largest absolute Gasteiger partial charge is 0.465 e. The van der Waals surface area contributed by atoms with Crippen LogP contribution in [0.3, 0.4) is 0 Å². The van der Waals surface area contributed by atoms with Gasteiger partial charge in [0.05, 0.1) is 36.5 Å². The lowest BCUT2D eigenvalue weighted by Crippen LogP contribution is -2.60. The number of piperazine rings is 1. The fraction of sp³-hybridized carbons (Fsp3) is 0.310. The zero-order valence-electron chi connectivity index (χ0n) is 22.9. The first-order valence-corrected chi connectivity index (χ1v) is 14.6. The van der Waals surface area contributed by atoms with Crippen LogP contribution in [-0.2, 0) is 4.79 Å². The van der Waals surface area contributed by atoms with Crippen LogP contribution in [0.5, 0.6) is 0 Å². The van der Waals surface area contributed by atoms with Crippen LogP contribution in [0.15, 0.2) is 65.8 Å². The molecule has 1 fully saturated rings. The molecule has 43 heavy (non-hydrogen) atoms. The summed E-state index contributed by atoms with van der Waals surface area (Å²) in [6.45, 7) is 1.18. The molecule has 1 saturated heterocycles. The number of halogens is 2. The molecule has 2 aliphatic rings. The summed E-state index contributed by atoms with van der Waals surface area (Å²) in [7, 11) is 0. The summed E-state index contributed by atoms with van der Waals surface area (Å²) in [5, 5.41) is 21.1. The van der Waals surface area contributed by atoms with Gasteiger partial charge in [-0.3, -0.25) is 14.2 Å². The van der Waals surface area contributed by atoms with E-state index in [-0.39, 0.29) is 35.8 Å². The number of nitrogens with zero attached hydrogens (tertiary/aromatic N) is 7. The normalized spacial score (nSPS) is 19.2. The Kier molecular flexibility index (Phi) is 8.04. The second-order valence-corrected chi connectivity index (χ2v) is 11.3. The van der Waals surface area contributed by atoms with Gasteiger partial charge in [0.2, 0.25) is 5.91 Å². The highest BCUT2D eigenvalue weighted by Crippen LogP contribution is 2.31. The molecular formula is C29H28Cl2N8O4. The molecule has 0 radical (unpaired) electrons. The third-order valence-corrected chi connectivity index (χ3v) is 8.27. The number of hydrogen-bond donors (Lipinski definition) is 2. The van der Waals surface area contributed by atoms with Crippen LogP contribution in [-0.4, -0.2) is 78.8 Å². The molecule has 2 aliphatic heterocycles. The number of amides is 2. The summed E-state index contributed by atoms with van der Waals surface area (Å²) in [5.41, 5.74) is 3.09. The SMILES string of the molecule is O=C1NCCCC[C@H](n2cnc(-c3cc(Cl)ccc3-n3cc(Cl)nn3)cc2=O)c2cccc(c2)N2CCN(C(=O)O)C[C@H]12. The highest BCUT2D eigenvalue weighted by Gasteiger charge is 2.35. The number of anilines is 1. The van der Waals surface area contributed by atoms with Crippen LogP contribution in [0, 0.1) is 0 Å². The van der Waals surface area contributed by atoms with Crippen molar-refractivity contribution in [1.82, 2.24) is 34.8 Å². The molecule has 2 aromatic heterocycles. The first-order valence-electron chi connectivity index (χ1n) is 13.9. The van der Waals surface area contributed by atoms with Gasteiger partial charge in [-0.15, -0.1) is 5.10 Å². The maximum atomic E-state index is 13.7. The molecule has 2 N–H and O–H groups in total. The quantitative estimate of drug-likeness (QED) is 0.351. The van der Waals surface area contributed by atoms with Gasteiger partial charge in [-0.1, -0.05) is 40.5 Å². The Bertz CT molecular complexity index is 1740. The number of rotatable bonds is 3. The first kappa shape index (κ1) is 28.7. The predicted octanol–water partition coefficient (Wildman–Crippen LogP) is 3.86. The zero-order chi connectivity index (χ0) is 30.1. The number of carbonyl (C=O) groups is 2. The molecule has 0 spiro atoms. The van der Waals surface area contributed by atoms with Crippen LogP contribution >= 0.6 is 23.2 Å². The van der Waals surface area contributed by atoms with Crippen LogP contribution in [0.1, 0.15) is 30.9 Å². The van der Waals surface area contributed by atoms with Gasteiger partial charge in [-0.2, -0.15) is 0 Å². The minimum atomic E-state index is -1.04. The average molecular weight is 624 g/mol. The molecule has 12 nitrogen and oxygen atoms in total. The van der Waals surface area contributed by atoms with E-state index in [2.05, 4.69) is 20.6 Å². The van der Waals surface area contributed by atoms with Gasteiger partial charge in [0.15, 0.2) is 5.15 Å². The van der Waals surface area contributed by atoms with Gasteiger partial charge in [0, 0.05) is 42.0 Å². The molecular weight excluding hydrogens is 595 g/mol. The third-order valence-electron chi connectivity index (χ3n) is 7.86. The second kappa shape index (κ2) is 12.1. The highest BCUT2D eigenvalue weighted by molar-refractivity contribution is 6.31. The molecule has 14 heteroatoms. The van der Waals surface area contributed by atoms with Gasteiger partial charge in [-0.05, 0) is 55.2 Å². The Morgan fingerprint density at radius 2 is 1.88 bits per heavy atom. The third kappa shape index (κ3) is 5.93. The lowest BCUT2D eigenvalue weighted by molar-refractivity contribution is -0.123. The van der Waals surface area contributed by atoms with Crippen molar-refractivity contribution in [1.29, 1.82) is 0 Å². The topological polar surface area (TPSA) is 138 Å². The summed E-state index contributed by atoms with van der Waals surface area (Å²) in [5.74, 6) is -0.196. The Morgan fingerprint density at radius 3 is 2.65 bits per heavy atom. The molecule has 2 atom stereocenters. The van der Waals surface area contributed by atoms with E-state index in [9.17, 15) is 19.5 Å². The number of fused-ring (bicyclic) bond motifs is 4. The van der Waals surface area contributed by atoms with E-state index >= 15 is 0 Å². The molecule has 2 amide bonds. The van der Waals surface area contributed by atoms with E-state index in [0.29, 0.717) is 47.9 Å². The van der Waals surface area contributed by atoms with Crippen molar-refractivity contribution in [3.8, 4) is 16.9 Å². The summed E-state index contributed by atoms with van der Waals surface area (Å²) in [6.07, 6.45) is 4.15. The molecule has 0 saturated carbocycles. The van der Waals surface area contributed by atoms with Gasteiger partial charge in [0.1, 0.15) is 6.04 Å². The number of aromatic nitrogens is 5. The van der Waals surface area contributed by atoms with Crippen molar-refractivity contribution in [2.45, 2.75) is 31.3 Å². The number of carbonyl (C=O) groups excluding carboxylic acids is 1. The van der Waals surface area contributed by atoms with Crippen molar-refractivity contribution >= 4 is 40.9 Å². The van der Waals surface area contributed by atoms with Crippen molar-refractivity contribution in [3.05, 3.63) is 87.1 Å². The smallest absolute Gasteiger partial charge is 0.407 e. The monoisotopic (exact) mass is 622 g/mol. The summed E-state index contributed by atoms with van der Waals surface area (Å²) in [4.78, 5) is 46.3. The Morgan fingerprint density at radius 1 is 1.02 bits per heavy atom. The second-order valence-electron chi connectivity index (χ2n) is 10.5. The number of nitrogens with one attached hydrogen (secondary N) is 1. The Hall–Kier alpha value is -4.42. The van der Waals surface area contributed by atoms with E-state index in [4.69, 9.17) is 23.2 Å². The lowest BCUT2D eigenvalue weighted by Gasteiger charge is -2.41. The summed E-state index contributed by atoms with van der Waals surface area (Å²) in [6, 6.07) is 13.5. The fourth-order valence-corrected chi connectivity index (χ4v) is 6.02. The standard InChI is InChI=1S/C29H28Cl2N8O4/c30-19-7-8-24(39-16-26(31)34-35-39)21(13-19)22-14-27(40)38(17-33-22)23-6-1-2-9-32-28(41)25-15-36(29(42)43)10-11-37(25)20-5-3-4-18(23)12-20/h3-5,7-8,12-14,16-17,23,25H,1-2,6,9-11,15H2,(H,32,41)(H,42,43)/t23-,25+/m0/s1. The lowest BCUT2D eigenvalue weighted by atomic mass is 9.98. The number of carboxylic acid groups (broad SMARTS) is 1. The number of hydrogen-bond acceptors (Lipinski definition) is 7. The van der Waals surface area contributed by atoms with Crippen LogP contribution in [0.25, 0.3) is 16.9 Å². The van der Waals surface area contributed by atoms with Crippen LogP contribution in [0.2, 0.25) is 10.2 Å². The molecule has 2 bridgehead atoms. The van der Waals surface area contributed by atoms with Crippen molar-refractivity contribution in [2.24, 2.45) is 0 Å². The van der Waals surface area contributed by atoms with Crippen molar-refractivity contribution < 1.29 is 14.7 Å². The van der Waals surface area contributed by atoms with Crippen molar-refractivity contribution in [3.63, 3.8) is 0 Å². The van der Waals surface area contributed by atoms with Gasteiger partial charge in [-0.25, -0.2) is 14.5 Å². The molecule has 4 heterocycles. The number of benzene rings is 2. The fourth-order valence-electron chi connectivity index (χ4n) is 5.73. The minimum absolute atomic E-state index is 0.0753. The molecule has 4 aromatic rings. The van der Waals surface area contributed by atoms with E-state index in [1.807, 2.05) is 29.2 Å². The molecule has 222 valence electrons. The van der Waals surface area contributed by atoms with Gasteiger partial charge in [0.25, 0.3) is 5.56 Å². The molecule has 0 aliphatic carbocycles. The summed E-state index contributed by atoms with van der Waals surface area (Å²) < 4.78 is 3.13. The van der Waals surface area contributed by atoms with E-state index in [0.717, 1.165) is 17.7 Å². The van der Waals surface area contributed by atoms with E-state index in [1.165, 1.54) is 15.6 Å². The average Bonchev–Trinajstić information content (AvgIpc) is 3.44. The maximum Gasteiger partial charge on any atom is 0.407 e. The highest BCUT2D eigenvalue weighted by atomic mass is 35.5. The summed E-state index contributed by atoms with van der Waals surface area (Å²) >= 11 is 12.3. The zero-order valence-corrected chi connectivity index (χ0v) is 24.4. The molecule has 6 rings (SSSR count). The Balaban J connectivity index is 1.37. The van der Waals surface area contributed by atoms with Gasteiger partial charge < -0.3 is 20.2 Å². The van der Waals surface area contributed by atoms with Crippen LogP contribution < -0.4 is 15.8 Å². The van der Waals surface area contributed by atoms with Crippen molar-refractivity contribution in [2.75, 3.05) is 31.1 Å². The van der Waals surface area contributed by atoms with E-state index < -0.39 is 12.1 Å². The first-order chi connectivity index (χ1) is 20.8. The molecule has 2 aromatic carbocycles. The molecule has 0 unspecified atom stereocenters. The van der Waals surface area contributed by atoms with Crippen LogP contribution in [0.4, 0.5) is 10.5 Å². The Labute approximate surface area is 256 Å². The maximum absolute atomic E-state index is 13.7. The van der Waals surface area contributed by atoms with Gasteiger partial charge >= 0.3 is 6.09 Å². The van der Waals surface area contributed by atoms with E-state index in [1.54, 1.807) is 35.3 Å². The predicted molar refractivity (Wildman–Crippen MR) is 161 cm³/mol.